The molecule has 72 valence electrons. The molecule has 1 heteroatoms. The Balaban J connectivity index is 2.12. The molecule has 12 heavy (non-hydrogen) atoms. The van der Waals surface area contributed by atoms with E-state index < -0.39 is 0 Å². The maximum Gasteiger partial charge on any atom is 0.00105 e. The number of hydrogen-bond donors (Lipinski definition) is 1. The van der Waals surface area contributed by atoms with E-state index in [2.05, 4.69) is 6.92 Å². The van der Waals surface area contributed by atoms with Crippen LogP contribution in [-0.4, -0.2) is 6.04 Å². The van der Waals surface area contributed by atoms with Crippen LogP contribution in [0, 0.1) is 5.92 Å². The monoisotopic (exact) mass is 169 g/mol. The van der Waals surface area contributed by atoms with Crippen LogP contribution in [0.5, 0.6) is 0 Å². The van der Waals surface area contributed by atoms with Crippen molar-refractivity contribution in [1.82, 2.24) is 0 Å². The summed E-state index contributed by atoms with van der Waals surface area (Å²) in [7, 11) is 0. The smallest absolute Gasteiger partial charge is 0.00105 e. The first-order chi connectivity index (χ1) is 5.79. The van der Waals surface area contributed by atoms with Gasteiger partial charge in [-0.25, -0.2) is 0 Å². The van der Waals surface area contributed by atoms with Crippen LogP contribution in [0.15, 0.2) is 0 Å². The van der Waals surface area contributed by atoms with Crippen molar-refractivity contribution >= 4 is 0 Å². The van der Waals surface area contributed by atoms with Crippen LogP contribution in [0.3, 0.4) is 0 Å². The lowest BCUT2D eigenvalue weighted by Gasteiger charge is -2.14. The lowest BCUT2D eigenvalue weighted by molar-refractivity contribution is 0.401. The van der Waals surface area contributed by atoms with Gasteiger partial charge in [-0.1, -0.05) is 38.5 Å². The van der Waals surface area contributed by atoms with Crippen molar-refractivity contribution < 1.29 is 0 Å². The highest BCUT2D eigenvalue weighted by atomic mass is 14.6. The van der Waals surface area contributed by atoms with Crippen LogP contribution in [0.1, 0.15) is 58.3 Å². The number of hydrogen-bond acceptors (Lipinski definition) is 1. The average Bonchev–Trinajstić information content (AvgIpc) is 2.28. The zero-order valence-corrected chi connectivity index (χ0v) is 8.39. The van der Waals surface area contributed by atoms with Crippen molar-refractivity contribution in [3.8, 4) is 0 Å². The standard InChI is InChI=1S/C11H23N/c1-10(12)8-9-11-6-4-2-3-5-7-11/h10-11H,2-9,12H2,1H3. The van der Waals surface area contributed by atoms with E-state index in [-0.39, 0.29) is 0 Å². The maximum atomic E-state index is 5.75. The van der Waals surface area contributed by atoms with Crippen molar-refractivity contribution in [2.24, 2.45) is 11.7 Å². The van der Waals surface area contributed by atoms with Crippen LogP contribution in [0.4, 0.5) is 0 Å². The molecule has 0 aromatic carbocycles. The Labute approximate surface area is 76.7 Å². The van der Waals surface area contributed by atoms with E-state index >= 15 is 0 Å². The predicted molar refractivity (Wildman–Crippen MR) is 54.1 cm³/mol. The van der Waals surface area contributed by atoms with E-state index in [1.807, 2.05) is 0 Å². The minimum absolute atomic E-state index is 0.410. The Morgan fingerprint density at radius 1 is 1.17 bits per heavy atom. The molecule has 1 nitrogen and oxygen atoms in total. The molecule has 0 bridgehead atoms. The van der Waals surface area contributed by atoms with Crippen LogP contribution >= 0.6 is 0 Å². The fraction of sp³-hybridized carbons (Fsp3) is 1.00. The molecule has 2 N–H and O–H groups in total. The third-order valence-electron chi connectivity index (χ3n) is 3.01. The predicted octanol–water partition coefficient (Wildman–Crippen LogP) is 3.08. The van der Waals surface area contributed by atoms with E-state index in [1.165, 1.54) is 51.4 Å². The van der Waals surface area contributed by atoms with E-state index in [1.54, 1.807) is 0 Å². The highest BCUT2D eigenvalue weighted by molar-refractivity contribution is 4.66. The van der Waals surface area contributed by atoms with Gasteiger partial charge in [0.2, 0.25) is 0 Å². The van der Waals surface area contributed by atoms with Gasteiger partial charge in [-0.3, -0.25) is 0 Å². The van der Waals surface area contributed by atoms with Gasteiger partial charge in [-0.05, 0) is 25.7 Å². The molecule has 0 aromatic heterocycles. The van der Waals surface area contributed by atoms with Gasteiger partial charge in [0.1, 0.15) is 0 Å². The van der Waals surface area contributed by atoms with E-state index in [0.29, 0.717) is 6.04 Å². The Kier molecular flexibility index (Phi) is 4.67. The zero-order valence-electron chi connectivity index (χ0n) is 8.39. The van der Waals surface area contributed by atoms with Gasteiger partial charge in [-0.2, -0.15) is 0 Å². The van der Waals surface area contributed by atoms with Gasteiger partial charge in [-0.15, -0.1) is 0 Å². The summed E-state index contributed by atoms with van der Waals surface area (Å²) >= 11 is 0. The Morgan fingerprint density at radius 3 is 2.25 bits per heavy atom. The lowest BCUT2D eigenvalue weighted by atomic mass is 9.93. The summed E-state index contributed by atoms with van der Waals surface area (Å²) in [6.45, 7) is 2.12. The summed E-state index contributed by atoms with van der Waals surface area (Å²) in [6.07, 6.45) is 11.4. The van der Waals surface area contributed by atoms with Crippen molar-refractivity contribution in [2.45, 2.75) is 64.3 Å². The molecule has 0 aliphatic heterocycles. The van der Waals surface area contributed by atoms with Crippen molar-refractivity contribution in [3.05, 3.63) is 0 Å². The fourth-order valence-corrected chi connectivity index (χ4v) is 2.15. The van der Waals surface area contributed by atoms with Gasteiger partial charge in [0.05, 0.1) is 0 Å². The largest absolute Gasteiger partial charge is 0.328 e. The second kappa shape index (κ2) is 5.58. The highest BCUT2D eigenvalue weighted by Gasteiger charge is 2.12. The van der Waals surface area contributed by atoms with Crippen molar-refractivity contribution in [3.63, 3.8) is 0 Å². The second-order valence-corrected chi connectivity index (χ2v) is 4.41. The average molecular weight is 169 g/mol. The Hall–Kier alpha value is -0.0400. The minimum Gasteiger partial charge on any atom is -0.328 e. The zero-order chi connectivity index (χ0) is 8.81. The summed E-state index contributed by atoms with van der Waals surface area (Å²) in [4.78, 5) is 0. The topological polar surface area (TPSA) is 26.0 Å². The van der Waals surface area contributed by atoms with E-state index in [9.17, 15) is 0 Å². The molecule has 1 unspecified atom stereocenters. The normalized spacial score (nSPS) is 23.5. The quantitative estimate of drug-likeness (QED) is 0.645. The van der Waals surface area contributed by atoms with Crippen LogP contribution in [0.25, 0.3) is 0 Å². The van der Waals surface area contributed by atoms with Crippen LogP contribution in [-0.2, 0) is 0 Å². The minimum atomic E-state index is 0.410. The molecule has 0 radical (unpaired) electrons. The van der Waals surface area contributed by atoms with Gasteiger partial charge < -0.3 is 5.73 Å². The summed E-state index contributed by atoms with van der Waals surface area (Å²) in [6, 6.07) is 0.410. The van der Waals surface area contributed by atoms with Gasteiger partial charge in [0, 0.05) is 6.04 Å². The third-order valence-corrected chi connectivity index (χ3v) is 3.01. The fourth-order valence-electron chi connectivity index (χ4n) is 2.15. The number of rotatable bonds is 3. The molecule has 0 heterocycles. The Bertz CT molecular complexity index is 102. The van der Waals surface area contributed by atoms with Crippen LogP contribution < -0.4 is 5.73 Å². The first kappa shape index (κ1) is 10.0. The van der Waals surface area contributed by atoms with Crippen molar-refractivity contribution in [1.29, 1.82) is 0 Å². The second-order valence-electron chi connectivity index (χ2n) is 4.41. The van der Waals surface area contributed by atoms with Gasteiger partial charge >= 0.3 is 0 Å². The van der Waals surface area contributed by atoms with Gasteiger partial charge in [0.25, 0.3) is 0 Å². The molecule has 1 aliphatic rings. The summed E-state index contributed by atoms with van der Waals surface area (Å²) in [5.74, 6) is 0.999. The molecular formula is C11H23N. The molecular weight excluding hydrogens is 146 g/mol. The van der Waals surface area contributed by atoms with Crippen molar-refractivity contribution in [2.75, 3.05) is 0 Å². The first-order valence-corrected chi connectivity index (χ1v) is 5.54. The lowest BCUT2D eigenvalue weighted by Crippen LogP contribution is -2.16. The molecule has 0 aromatic rings. The Morgan fingerprint density at radius 2 is 1.75 bits per heavy atom. The molecule has 1 saturated carbocycles. The SMILES string of the molecule is CC(N)CCC1CCCCCC1. The highest BCUT2D eigenvalue weighted by Crippen LogP contribution is 2.26. The molecule has 1 fully saturated rings. The van der Waals surface area contributed by atoms with Gasteiger partial charge in [0.15, 0.2) is 0 Å². The molecule has 0 saturated heterocycles. The first-order valence-electron chi connectivity index (χ1n) is 5.54. The summed E-state index contributed by atoms with van der Waals surface area (Å²) < 4.78 is 0. The third kappa shape index (κ3) is 4.10. The summed E-state index contributed by atoms with van der Waals surface area (Å²) in [5.41, 5.74) is 5.75. The van der Waals surface area contributed by atoms with E-state index in [4.69, 9.17) is 5.73 Å². The molecule has 0 amide bonds. The van der Waals surface area contributed by atoms with E-state index in [0.717, 1.165) is 5.92 Å². The maximum absolute atomic E-state index is 5.75. The molecule has 1 aliphatic carbocycles. The molecule has 0 spiro atoms. The molecule has 1 atom stereocenters. The summed E-state index contributed by atoms with van der Waals surface area (Å²) in [5, 5.41) is 0. The molecule has 1 rings (SSSR count). The van der Waals surface area contributed by atoms with Crippen LogP contribution in [0.2, 0.25) is 0 Å². The number of nitrogens with two attached hydrogens (primary N) is 1.